The molecular weight excluding hydrogens is 448 g/mol. The standard InChI is InChI=1S/C27H26N2O6/c1-16-11-12-17(13-22(16)26(31)32)28-25(30)24(15-34-2)29-27(33)35-14-23-20-9-5-3-7-18(20)19-8-4-6-10-21(19)23/h3-13,23-24H,14-15H2,1-2H3,(H,28,30)(H,29,33)(H,31,32)/t24-/m0/s1. The summed E-state index contributed by atoms with van der Waals surface area (Å²) in [5.74, 6) is -1.76. The molecule has 0 aromatic heterocycles. The molecule has 8 heteroatoms. The van der Waals surface area contributed by atoms with Gasteiger partial charge in [-0.1, -0.05) is 54.6 Å². The van der Waals surface area contributed by atoms with Crippen molar-refractivity contribution < 1.29 is 29.0 Å². The zero-order chi connectivity index (χ0) is 24.9. The van der Waals surface area contributed by atoms with Crippen molar-refractivity contribution in [3.8, 4) is 11.1 Å². The molecule has 0 unspecified atom stereocenters. The van der Waals surface area contributed by atoms with Crippen LogP contribution in [0.2, 0.25) is 0 Å². The molecule has 0 aliphatic heterocycles. The van der Waals surface area contributed by atoms with Crippen molar-refractivity contribution in [1.29, 1.82) is 0 Å². The number of alkyl carbamates (subject to hydrolysis) is 1. The van der Waals surface area contributed by atoms with Crippen LogP contribution < -0.4 is 10.6 Å². The van der Waals surface area contributed by atoms with Crippen molar-refractivity contribution in [3.63, 3.8) is 0 Å². The van der Waals surface area contributed by atoms with Gasteiger partial charge in [-0.25, -0.2) is 9.59 Å². The number of amides is 2. The van der Waals surface area contributed by atoms with Crippen LogP contribution in [-0.4, -0.2) is 49.4 Å². The van der Waals surface area contributed by atoms with E-state index in [9.17, 15) is 19.5 Å². The van der Waals surface area contributed by atoms with E-state index in [4.69, 9.17) is 9.47 Å². The van der Waals surface area contributed by atoms with Gasteiger partial charge >= 0.3 is 12.1 Å². The number of methoxy groups -OCH3 is 1. The molecule has 3 N–H and O–H groups in total. The third kappa shape index (κ3) is 5.17. The quantitative estimate of drug-likeness (QED) is 0.451. The molecule has 4 rings (SSSR count). The Kier molecular flexibility index (Phi) is 7.12. The number of hydrogen-bond donors (Lipinski definition) is 3. The van der Waals surface area contributed by atoms with Crippen molar-refractivity contribution >= 4 is 23.7 Å². The largest absolute Gasteiger partial charge is 0.478 e. The summed E-state index contributed by atoms with van der Waals surface area (Å²) in [5.41, 5.74) is 5.35. The summed E-state index contributed by atoms with van der Waals surface area (Å²) in [7, 11) is 1.41. The van der Waals surface area contributed by atoms with E-state index in [2.05, 4.69) is 10.6 Å². The minimum absolute atomic E-state index is 0.0792. The predicted octanol–water partition coefficient (Wildman–Crippen LogP) is 4.19. The number of benzene rings is 3. The van der Waals surface area contributed by atoms with Gasteiger partial charge in [0.05, 0.1) is 12.2 Å². The molecule has 8 nitrogen and oxygen atoms in total. The summed E-state index contributed by atoms with van der Waals surface area (Å²) in [6, 6.07) is 19.5. The third-order valence-electron chi connectivity index (χ3n) is 6.02. The van der Waals surface area contributed by atoms with Crippen LogP contribution in [0.1, 0.15) is 33.0 Å². The number of ether oxygens (including phenoxy) is 2. The zero-order valence-electron chi connectivity index (χ0n) is 19.4. The number of fused-ring (bicyclic) bond motifs is 3. The van der Waals surface area contributed by atoms with Gasteiger partial charge in [0, 0.05) is 18.7 Å². The van der Waals surface area contributed by atoms with Crippen LogP contribution in [-0.2, 0) is 14.3 Å². The molecular formula is C27H26N2O6. The fraction of sp³-hybridized carbons (Fsp3) is 0.222. The maximum absolute atomic E-state index is 12.8. The Morgan fingerprint density at radius 2 is 1.60 bits per heavy atom. The van der Waals surface area contributed by atoms with Gasteiger partial charge in [-0.3, -0.25) is 4.79 Å². The molecule has 3 aromatic carbocycles. The highest BCUT2D eigenvalue weighted by Gasteiger charge is 2.30. The van der Waals surface area contributed by atoms with Crippen LogP contribution in [0, 0.1) is 6.92 Å². The molecule has 0 saturated carbocycles. The zero-order valence-corrected chi connectivity index (χ0v) is 19.4. The van der Waals surface area contributed by atoms with E-state index in [-0.39, 0.29) is 24.7 Å². The van der Waals surface area contributed by atoms with Gasteiger partial charge in [0.25, 0.3) is 0 Å². The van der Waals surface area contributed by atoms with Crippen LogP contribution in [0.3, 0.4) is 0 Å². The number of carboxylic acids is 1. The Bertz CT molecular complexity index is 1230. The summed E-state index contributed by atoms with van der Waals surface area (Å²) in [6.45, 7) is 1.69. The van der Waals surface area contributed by atoms with Crippen molar-refractivity contribution in [2.45, 2.75) is 18.9 Å². The van der Waals surface area contributed by atoms with E-state index in [0.29, 0.717) is 11.3 Å². The number of aryl methyl sites for hydroxylation is 1. The molecule has 0 heterocycles. The summed E-state index contributed by atoms with van der Waals surface area (Å²) in [5, 5.41) is 14.5. The summed E-state index contributed by atoms with van der Waals surface area (Å²) in [6.07, 6.45) is -0.751. The Labute approximate surface area is 202 Å². The Morgan fingerprint density at radius 1 is 0.971 bits per heavy atom. The first-order valence-corrected chi connectivity index (χ1v) is 11.1. The van der Waals surface area contributed by atoms with E-state index < -0.39 is 24.0 Å². The van der Waals surface area contributed by atoms with Gasteiger partial charge in [-0.05, 0) is 46.9 Å². The fourth-order valence-corrected chi connectivity index (χ4v) is 4.29. The monoisotopic (exact) mass is 474 g/mol. The van der Waals surface area contributed by atoms with E-state index in [1.165, 1.54) is 13.2 Å². The molecule has 0 spiro atoms. The lowest BCUT2D eigenvalue weighted by Gasteiger charge is -2.19. The van der Waals surface area contributed by atoms with E-state index in [1.54, 1.807) is 19.1 Å². The van der Waals surface area contributed by atoms with Gasteiger partial charge in [-0.2, -0.15) is 0 Å². The minimum atomic E-state index is -1.09. The molecule has 180 valence electrons. The minimum Gasteiger partial charge on any atom is -0.478 e. The Morgan fingerprint density at radius 3 is 2.20 bits per heavy atom. The van der Waals surface area contributed by atoms with Crippen LogP contribution in [0.25, 0.3) is 11.1 Å². The van der Waals surface area contributed by atoms with E-state index >= 15 is 0 Å². The number of hydrogen-bond acceptors (Lipinski definition) is 5. The molecule has 1 aliphatic rings. The number of carbonyl (C=O) groups excluding carboxylic acids is 2. The summed E-state index contributed by atoms with van der Waals surface area (Å²) >= 11 is 0. The SMILES string of the molecule is COC[C@H](NC(=O)OCC1c2ccccc2-c2ccccc21)C(=O)Nc1ccc(C)c(C(=O)O)c1. The highest BCUT2D eigenvalue weighted by molar-refractivity contribution is 5.98. The highest BCUT2D eigenvalue weighted by Crippen LogP contribution is 2.44. The van der Waals surface area contributed by atoms with Gasteiger partial charge < -0.3 is 25.2 Å². The molecule has 35 heavy (non-hydrogen) atoms. The van der Waals surface area contributed by atoms with Gasteiger partial charge in [0.15, 0.2) is 0 Å². The maximum atomic E-state index is 12.8. The van der Waals surface area contributed by atoms with E-state index in [0.717, 1.165) is 22.3 Å². The van der Waals surface area contributed by atoms with Gasteiger partial charge in [-0.15, -0.1) is 0 Å². The second-order valence-electron chi connectivity index (χ2n) is 8.30. The lowest BCUT2D eigenvalue weighted by molar-refractivity contribution is -0.119. The molecule has 3 aromatic rings. The van der Waals surface area contributed by atoms with Crippen molar-refractivity contribution in [3.05, 3.63) is 89.0 Å². The topological polar surface area (TPSA) is 114 Å². The Balaban J connectivity index is 1.41. The average molecular weight is 475 g/mol. The number of anilines is 1. The lowest BCUT2D eigenvalue weighted by atomic mass is 9.98. The fourth-order valence-electron chi connectivity index (χ4n) is 4.29. The summed E-state index contributed by atoms with van der Waals surface area (Å²) < 4.78 is 10.6. The van der Waals surface area contributed by atoms with Crippen LogP contribution in [0.4, 0.5) is 10.5 Å². The first-order chi connectivity index (χ1) is 16.9. The van der Waals surface area contributed by atoms with Crippen LogP contribution >= 0.6 is 0 Å². The molecule has 0 bridgehead atoms. The number of rotatable bonds is 8. The third-order valence-corrected chi connectivity index (χ3v) is 6.02. The van der Waals surface area contributed by atoms with Gasteiger partial charge in [0.1, 0.15) is 12.6 Å². The highest BCUT2D eigenvalue weighted by atomic mass is 16.5. The number of carbonyl (C=O) groups is 3. The molecule has 1 aliphatic carbocycles. The number of nitrogens with one attached hydrogen (secondary N) is 2. The first kappa shape index (κ1) is 24.0. The predicted molar refractivity (Wildman–Crippen MR) is 131 cm³/mol. The molecule has 0 radical (unpaired) electrons. The van der Waals surface area contributed by atoms with Crippen LogP contribution in [0.15, 0.2) is 66.7 Å². The van der Waals surface area contributed by atoms with Gasteiger partial charge in [0.2, 0.25) is 5.91 Å². The van der Waals surface area contributed by atoms with Crippen molar-refractivity contribution in [2.24, 2.45) is 0 Å². The lowest BCUT2D eigenvalue weighted by Crippen LogP contribution is -2.47. The second-order valence-corrected chi connectivity index (χ2v) is 8.30. The van der Waals surface area contributed by atoms with Crippen molar-refractivity contribution in [1.82, 2.24) is 5.32 Å². The van der Waals surface area contributed by atoms with Crippen molar-refractivity contribution in [2.75, 3.05) is 25.6 Å². The number of aromatic carboxylic acids is 1. The van der Waals surface area contributed by atoms with Crippen LogP contribution in [0.5, 0.6) is 0 Å². The summed E-state index contributed by atoms with van der Waals surface area (Å²) in [4.78, 5) is 36.8. The molecule has 0 saturated heterocycles. The first-order valence-electron chi connectivity index (χ1n) is 11.1. The molecule has 2 amide bonds. The smallest absolute Gasteiger partial charge is 0.407 e. The number of carboxylic acid groups (broad SMARTS) is 1. The molecule has 1 atom stereocenters. The molecule has 0 fully saturated rings. The maximum Gasteiger partial charge on any atom is 0.407 e. The normalized spacial score (nSPS) is 12.9. The van der Waals surface area contributed by atoms with E-state index in [1.807, 2.05) is 48.5 Å². The average Bonchev–Trinajstić information content (AvgIpc) is 3.17. The Hall–Kier alpha value is -4.17. The second kappa shape index (κ2) is 10.4.